The fourth-order valence-corrected chi connectivity index (χ4v) is 3.03. The molecule has 0 fully saturated rings. The Hall–Kier alpha value is -1.84. The van der Waals surface area contributed by atoms with Crippen molar-refractivity contribution in [1.29, 1.82) is 0 Å². The Morgan fingerprint density at radius 1 is 1.36 bits per heavy atom. The molecule has 0 radical (unpaired) electrons. The molecule has 1 unspecified atom stereocenters. The molecule has 0 spiro atoms. The third-order valence-corrected chi connectivity index (χ3v) is 4.49. The number of aliphatic hydroxyl groups excluding tert-OH is 1. The molecule has 0 bridgehead atoms. The average molecular weight is 306 g/mol. The number of hydrogen-bond donors (Lipinski definition) is 1. The SMILES string of the molecule is CCc1ccc(F)cc1CCC1(C(C)C)CC(O)=CC(=O)O1. The first-order chi connectivity index (χ1) is 10.4. The number of benzene rings is 1. The van der Waals surface area contributed by atoms with Crippen molar-refractivity contribution < 1.29 is 19.0 Å². The summed E-state index contributed by atoms with van der Waals surface area (Å²) in [5.74, 6) is -0.646. The topological polar surface area (TPSA) is 46.5 Å². The Morgan fingerprint density at radius 3 is 2.68 bits per heavy atom. The van der Waals surface area contributed by atoms with Crippen molar-refractivity contribution in [1.82, 2.24) is 0 Å². The fourth-order valence-electron chi connectivity index (χ4n) is 3.03. The summed E-state index contributed by atoms with van der Waals surface area (Å²) in [5, 5.41) is 9.81. The van der Waals surface area contributed by atoms with Crippen molar-refractivity contribution in [2.24, 2.45) is 5.92 Å². The highest BCUT2D eigenvalue weighted by Gasteiger charge is 2.41. The van der Waals surface area contributed by atoms with Gasteiger partial charge in [-0.3, -0.25) is 0 Å². The lowest BCUT2D eigenvalue weighted by molar-refractivity contribution is -0.163. The lowest BCUT2D eigenvalue weighted by Gasteiger charge is -2.39. The number of aryl methyl sites for hydroxylation is 2. The van der Waals surface area contributed by atoms with Gasteiger partial charge in [-0.1, -0.05) is 26.8 Å². The van der Waals surface area contributed by atoms with Crippen LogP contribution in [0.5, 0.6) is 0 Å². The largest absolute Gasteiger partial charge is 0.512 e. The molecule has 1 aromatic carbocycles. The number of cyclic esters (lactones) is 1. The van der Waals surface area contributed by atoms with Crippen LogP contribution in [0.4, 0.5) is 4.39 Å². The molecule has 3 nitrogen and oxygen atoms in total. The zero-order valence-electron chi connectivity index (χ0n) is 13.4. The van der Waals surface area contributed by atoms with E-state index in [1.807, 2.05) is 20.8 Å². The van der Waals surface area contributed by atoms with Crippen LogP contribution in [0.25, 0.3) is 0 Å². The van der Waals surface area contributed by atoms with Gasteiger partial charge in [0.2, 0.25) is 0 Å². The number of halogens is 1. The Labute approximate surface area is 130 Å². The maximum Gasteiger partial charge on any atom is 0.334 e. The molecule has 0 saturated heterocycles. The van der Waals surface area contributed by atoms with Gasteiger partial charge in [-0.2, -0.15) is 0 Å². The maximum absolute atomic E-state index is 13.5. The van der Waals surface area contributed by atoms with Gasteiger partial charge in [0.25, 0.3) is 0 Å². The Morgan fingerprint density at radius 2 is 2.09 bits per heavy atom. The molecule has 0 aromatic heterocycles. The molecule has 1 heterocycles. The van der Waals surface area contributed by atoms with Crippen molar-refractivity contribution in [2.75, 3.05) is 0 Å². The predicted octanol–water partition coefficient (Wildman–Crippen LogP) is 4.10. The van der Waals surface area contributed by atoms with Crippen molar-refractivity contribution in [3.05, 3.63) is 47.0 Å². The molecule has 0 amide bonds. The molecule has 1 atom stereocenters. The minimum absolute atomic E-state index is 0.0555. The van der Waals surface area contributed by atoms with Crippen molar-refractivity contribution in [3.8, 4) is 0 Å². The quantitative estimate of drug-likeness (QED) is 0.833. The predicted molar refractivity (Wildman–Crippen MR) is 83.1 cm³/mol. The Bertz CT molecular complexity index is 592. The van der Waals surface area contributed by atoms with E-state index in [0.717, 1.165) is 23.6 Å². The fraction of sp³-hybridized carbons (Fsp3) is 0.500. The highest BCUT2D eigenvalue weighted by atomic mass is 19.1. The highest BCUT2D eigenvalue weighted by Crippen LogP contribution is 2.36. The van der Waals surface area contributed by atoms with E-state index in [0.29, 0.717) is 19.3 Å². The molecule has 1 aliphatic heterocycles. The van der Waals surface area contributed by atoms with Crippen LogP contribution in [0.15, 0.2) is 30.0 Å². The minimum Gasteiger partial charge on any atom is -0.512 e. The molecule has 4 heteroatoms. The molecule has 22 heavy (non-hydrogen) atoms. The Kier molecular flexibility index (Phi) is 4.89. The molecule has 1 aliphatic rings. The van der Waals surface area contributed by atoms with E-state index in [1.54, 1.807) is 12.1 Å². The molecular weight excluding hydrogens is 283 g/mol. The third-order valence-electron chi connectivity index (χ3n) is 4.49. The first kappa shape index (κ1) is 16.5. The molecular formula is C18H23FO3. The second kappa shape index (κ2) is 6.51. The van der Waals surface area contributed by atoms with E-state index in [1.165, 1.54) is 6.07 Å². The van der Waals surface area contributed by atoms with Gasteiger partial charge in [0.15, 0.2) is 0 Å². The number of ether oxygens (including phenoxy) is 1. The lowest BCUT2D eigenvalue weighted by atomic mass is 9.79. The van der Waals surface area contributed by atoms with E-state index in [4.69, 9.17) is 4.74 Å². The number of aliphatic hydroxyl groups is 1. The third kappa shape index (κ3) is 3.49. The highest BCUT2D eigenvalue weighted by molar-refractivity contribution is 5.83. The molecule has 0 saturated carbocycles. The van der Waals surface area contributed by atoms with Crippen LogP contribution in [0.1, 0.15) is 44.7 Å². The first-order valence-corrected chi connectivity index (χ1v) is 7.76. The summed E-state index contributed by atoms with van der Waals surface area (Å²) in [5.41, 5.74) is 1.31. The van der Waals surface area contributed by atoms with E-state index < -0.39 is 11.6 Å². The molecule has 0 aliphatic carbocycles. The minimum atomic E-state index is -0.729. The summed E-state index contributed by atoms with van der Waals surface area (Å²) in [6.45, 7) is 5.97. The van der Waals surface area contributed by atoms with Gasteiger partial charge in [-0.25, -0.2) is 9.18 Å². The molecule has 2 rings (SSSR count). The smallest absolute Gasteiger partial charge is 0.334 e. The lowest BCUT2D eigenvalue weighted by Crippen LogP contribution is -2.43. The monoisotopic (exact) mass is 306 g/mol. The van der Waals surface area contributed by atoms with Crippen LogP contribution in [0.3, 0.4) is 0 Å². The second-order valence-corrected chi connectivity index (χ2v) is 6.22. The van der Waals surface area contributed by atoms with Crippen molar-refractivity contribution in [3.63, 3.8) is 0 Å². The summed E-state index contributed by atoms with van der Waals surface area (Å²) < 4.78 is 19.1. The first-order valence-electron chi connectivity index (χ1n) is 7.76. The number of carbonyl (C=O) groups is 1. The van der Waals surface area contributed by atoms with Crippen LogP contribution in [-0.4, -0.2) is 16.7 Å². The Balaban J connectivity index is 2.22. The maximum atomic E-state index is 13.5. The van der Waals surface area contributed by atoms with Crippen LogP contribution in [-0.2, 0) is 22.4 Å². The van der Waals surface area contributed by atoms with E-state index in [2.05, 4.69) is 0 Å². The van der Waals surface area contributed by atoms with Gasteiger partial charge < -0.3 is 9.84 Å². The van der Waals surface area contributed by atoms with Gasteiger partial charge >= 0.3 is 5.97 Å². The summed E-state index contributed by atoms with van der Waals surface area (Å²) in [6.07, 6.45) is 3.44. The van der Waals surface area contributed by atoms with Gasteiger partial charge in [0.1, 0.15) is 17.2 Å². The summed E-state index contributed by atoms with van der Waals surface area (Å²) in [7, 11) is 0. The zero-order chi connectivity index (χ0) is 16.3. The van der Waals surface area contributed by atoms with E-state index >= 15 is 0 Å². The van der Waals surface area contributed by atoms with Crippen LogP contribution in [0, 0.1) is 11.7 Å². The summed E-state index contributed by atoms with van der Waals surface area (Å²) >= 11 is 0. The summed E-state index contributed by atoms with van der Waals surface area (Å²) in [4.78, 5) is 11.7. The van der Waals surface area contributed by atoms with Crippen LogP contribution in [0.2, 0.25) is 0 Å². The number of esters is 1. The average Bonchev–Trinajstić information content (AvgIpc) is 2.44. The van der Waals surface area contributed by atoms with Crippen LogP contribution < -0.4 is 0 Å². The molecule has 120 valence electrons. The van der Waals surface area contributed by atoms with Crippen molar-refractivity contribution >= 4 is 5.97 Å². The van der Waals surface area contributed by atoms with Gasteiger partial charge in [-0.15, -0.1) is 0 Å². The van der Waals surface area contributed by atoms with Crippen LogP contribution >= 0.6 is 0 Å². The number of hydrogen-bond acceptors (Lipinski definition) is 3. The normalized spacial score (nSPS) is 21.7. The van der Waals surface area contributed by atoms with Gasteiger partial charge in [0, 0.05) is 6.42 Å². The van der Waals surface area contributed by atoms with E-state index in [-0.39, 0.29) is 17.5 Å². The second-order valence-electron chi connectivity index (χ2n) is 6.22. The molecule has 1 N–H and O–H groups in total. The number of carbonyl (C=O) groups excluding carboxylic acids is 1. The summed E-state index contributed by atoms with van der Waals surface area (Å²) in [6, 6.07) is 4.82. The molecule has 1 aromatic rings. The van der Waals surface area contributed by atoms with E-state index in [9.17, 15) is 14.3 Å². The van der Waals surface area contributed by atoms with Gasteiger partial charge in [-0.05, 0) is 48.4 Å². The number of rotatable bonds is 5. The standard InChI is InChI=1S/C18H23FO3/c1-4-13-5-6-15(19)9-14(13)7-8-18(12(2)3)11-16(20)10-17(21)22-18/h5-6,9-10,12,20H,4,7-8,11H2,1-3H3. The van der Waals surface area contributed by atoms with Crippen molar-refractivity contribution in [2.45, 2.75) is 52.1 Å². The van der Waals surface area contributed by atoms with Gasteiger partial charge in [0.05, 0.1) is 6.08 Å². The zero-order valence-corrected chi connectivity index (χ0v) is 13.4.